The Balaban J connectivity index is 0.992. The fraction of sp³-hybridized carbons (Fsp3) is 0.241. The highest BCUT2D eigenvalue weighted by Crippen LogP contribution is 2.42. The largest absolute Gasteiger partial charge is 0.489 e. The molecule has 0 fully saturated rings. The molecule has 1 aliphatic rings. The number of benzene rings is 6. The van der Waals surface area contributed by atoms with Gasteiger partial charge in [0, 0.05) is 39.4 Å². The normalized spacial score (nSPS) is 14.0. The molecule has 3 heterocycles. The van der Waals surface area contributed by atoms with Gasteiger partial charge in [-0.3, -0.25) is 4.57 Å². The van der Waals surface area contributed by atoms with Gasteiger partial charge in [0.1, 0.15) is 18.2 Å². The second-order valence-electron chi connectivity index (χ2n) is 17.9. The molecule has 1 aliphatic heterocycles. The molecule has 0 atom stereocenters. The van der Waals surface area contributed by atoms with E-state index in [1.165, 1.54) is 16.5 Å². The van der Waals surface area contributed by atoms with Crippen LogP contribution in [0.4, 0.5) is 17.1 Å². The van der Waals surface area contributed by atoms with Crippen molar-refractivity contribution < 1.29 is 8.85 Å². The van der Waals surface area contributed by atoms with E-state index in [1.807, 2.05) is 36.5 Å². The number of anilines is 3. The first-order chi connectivity index (χ1) is 29.6. The fourth-order valence-corrected chi connectivity index (χ4v) is 8.48. The van der Waals surface area contributed by atoms with Crippen molar-refractivity contribution in [1.29, 1.82) is 0 Å². The number of ether oxygens (including phenoxy) is 1. The highest BCUT2D eigenvalue weighted by molar-refractivity contribution is 6.09. The van der Waals surface area contributed by atoms with E-state index < -0.39 is 6.85 Å². The fourth-order valence-electron chi connectivity index (χ4n) is 8.48. The van der Waals surface area contributed by atoms with Crippen LogP contribution in [0.25, 0.3) is 38.8 Å². The molecule has 0 saturated heterocycles. The molecular formula is C54H54N4O. The molecule has 0 unspecified atom stereocenters. The Labute approximate surface area is 353 Å². The predicted octanol–water partition coefficient (Wildman–Crippen LogP) is 13.5. The van der Waals surface area contributed by atoms with Crippen LogP contribution in [0.2, 0.25) is 0 Å². The summed E-state index contributed by atoms with van der Waals surface area (Å²) >= 11 is 0. The van der Waals surface area contributed by atoms with E-state index in [1.54, 1.807) is 6.07 Å². The molecule has 0 N–H and O–H groups in total. The summed E-state index contributed by atoms with van der Waals surface area (Å²) < 4.78 is 34.1. The molecule has 2 aromatic heterocycles. The molecule has 0 bridgehead atoms. The number of hydrogen-bond donors (Lipinski definition) is 0. The van der Waals surface area contributed by atoms with Crippen molar-refractivity contribution in [2.75, 3.05) is 23.0 Å². The highest BCUT2D eigenvalue weighted by atomic mass is 16.5. The Morgan fingerprint density at radius 3 is 2.15 bits per heavy atom. The van der Waals surface area contributed by atoms with Gasteiger partial charge in [0.25, 0.3) is 0 Å². The maximum Gasteiger partial charge on any atom is 0.137 e. The molecule has 0 radical (unpaired) electrons. The average Bonchev–Trinajstić information content (AvgIpc) is 3.79. The zero-order valence-corrected chi connectivity index (χ0v) is 35.0. The molecule has 5 nitrogen and oxygen atoms in total. The minimum Gasteiger partial charge on any atom is -0.489 e. The summed E-state index contributed by atoms with van der Waals surface area (Å²) in [6.45, 7) is 13.0. The lowest BCUT2D eigenvalue weighted by Gasteiger charge is -2.23. The highest BCUT2D eigenvalue weighted by Gasteiger charge is 2.27. The maximum absolute atomic E-state index is 8.38. The molecule has 59 heavy (non-hydrogen) atoms. The minimum absolute atomic E-state index is 0.00539. The summed E-state index contributed by atoms with van der Waals surface area (Å²) in [5.41, 5.74) is 12.3. The molecule has 6 aromatic carbocycles. The number of aryl methyl sites for hydroxylation is 1. The molecule has 9 rings (SSSR count). The second-order valence-corrected chi connectivity index (χ2v) is 17.9. The third-order valence-electron chi connectivity index (χ3n) is 11.8. The van der Waals surface area contributed by atoms with Gasteiger partial charge in [0.2, 0.25) is 0 Å². The quantitative estimate of drug-likeness (QED) is 0.146. The van der Waals surface area contributed by atoms with Gasteiger partial charge in [-0.25, -0.2) is 4.98 Å². The molecule has 8 aromatic rings. The number of para-hydroxylation sites is 2. The number of aromatic nitrogens is 2. The smallest absolute Gasteiger partial charge is 0.137 e. The zero-order chi connectivity index (χ0) is 43.4. The van der Waals surface area contributed by atoms with Gasteiger partial charge in [0.15, 0.2) is 0 Å². The standard InChI is InChI=1S/C54H54N4O/c1-37-15-13-20-45(39-17-9-8-10-18-39)44(37)28-30-56-36-57(49-22-12-11-21-48(49)56)42-19-14-16-38(31-42)35-59-43-24-26-47-46-25-23-40(53(2,3)4)32-50(46)58(51(47)34-43)52-33-41(27-29-55-52)54(5,6)7/h8-27,29,31-34H,28,30,35-36H2,1-7H3/i1D3. The Morgan fingerprint density at radius 2 is 1.37 bits per heavy atom. The minimum atomic E-state index is -2.22. The van der Waals surface area contributed by atoms with E-state index in [0.29, 0.717) is 31.8 Å². The van der Waals surface area contributed by atoms with Crippen molar-refractivity contribution in [2.24, 2.45) is 0 Å². The number of fused-ring (bicyclic) bond motifs is 4. The number of hydrogen-bond acceptors (Lipinski definition) is 4. The van der Waals surface area contributed by atoms with Crippen molar-refractivity contribution in [3.05, 3.63) is 180 Å². The first kappa shape index (κ1) is 34.7. The number of pyridine rings is 1. The van der Waals surface area contributed by atoms with Crippen LogP contribution in [0.1, 0.15) is 73.5 Å². The molecule has 0 amide bonds. The van der Waals surface area contributed by atoms with E-state index in [-0.39, 0.29) is 10.8 Å². The van der Waals surface area contributed by atoms with E-state index in [2.05, 4.69) is 165 Å². The Morgan fingerprint density at radius 1 is 0.661 bits per heavy atom. The first-order valence-corrected chi connectivity index (χ1v) is 20.7. The Kier molecular flexibility index (Phi) is 8.89. The van der Waals surface area contributed by atoms with Crippen LogP contribution in [0.5, 0.6) is 5.75 Å². The Hall–Kier alpha value is -6.33. The summed E-state index contributed by atoms with van der Waals surface area (Å²) in [6, 6.07) is 50.4. The predicted molar refractivity (Wildman–Crippen MR) is 248 cm³/mol. The van der Waals surface area contributed by atoms with Crippen molar-refractivity contribution in [2.45, 2.75) is 72.3 Å². The van der Waals surface area contributed by atoms with Gasteiger partial charge < -0.3 is 14.5 Å². The van der Waals surface area contributed by atoms with Crippen molar-refractivity contribution in [1.82, 2.24) is 9.55 Å². The van der Waals surface area contributed by atoms with Crippen LogP contribution in [0, 0.1) is 6.85 Å². The van der Waals surface area contributed by atoms with Gasteiger partial charge in [-0.05, 0) is 118 Å². The summed E-state index contributed by atoms with van der Waals surface area (Å²) in [4.78, 5) is 9.62. The van der Waals surface area contributed by atoms with Crippen LogP contribution in [-0.2, 0) is 23.9 Å². The van der Waals surface area contributed by atoms with Crippen LogP contribution in [-0.4, -0.2) is 22.8 Å². The van der Waals surface area contributed by atoms with E-state index in [4.69, 9.17) is 13.8 Å². The van der Waals surface area contributed by atoms with E-state index >= 15 is 0 Å². The average molecular weight is 778 g/mol. The van der Waals surface area contributed by atoms with Crippen molar-refractivity contribution in [3.8, 4) is 22.7 Å². The van der Waals surface area contributed by atoms with Gasteiger partial charge in [-0.15, -0.1) is 0 Å². The molecule has 296 valence electrons. The maximum atomic E-state index is 8.38. The number of nitrogens with zero attached hydrogens (tertiary/aromatic N) is 4. The Bertz CT molecular complexity index is 2920. The van der Waals surface area contributed by atoms with Crippen LogP contribution in [0.15, 0.2) is 152 Å². The van der Waals surface area contributed by atoms with Gasteiger partial charge in [0.05, 0.1) is 29.1 Å². The van der Waals surface area contributed by atoms with Crippen molar-refractivity contribution in [3.63, 3.8) is 0 Å². The van der Waals surface area contributed by atoms with Gasteiger partial charge in [-0.2, -0.15) is 0 Å². The van der Waals surface area contributed by atoms with Crippen LogP contribution in [0.3, 0.4) is 0 Å². The topological polar surface area (TPSA) is 33.5 Å². The molecular weight excluding hydrogens is 721 g/mol. The molecule has 0 spiro atoms. The zero-order valence-electron chi connectivity index (χ0n) is 38.0. The molecule has 5 heteroatoms. The molecule has 0 aliphatic carbocycles. The summed E-state index contributed by atoms with van der Waals surface area (Å²) in [6.07, 6.45) is 2.52. The van der Waals surface area contributed by atoms with Gasteiger partial charge >= 0.3 is 0 Å². The third-order valence-corrected chi connectivity index (χ3v) is 11.8. The summed E-state index contributed by atoms with van der Waals surface area (Å²) in [7, 11) is 0. The molecule has 0 saturated carbocycles. The number of rotatable bonds is 9. The lowest BCUT2D eigenvalue weighted by atomic mass is 9.86. The van der Waals surface area contributed by atoms with Crippen LogP contribution < -0.4 is 14.5 Å². The summed E-state index contributed by atoms with van der Waals surface area (Å²) in [5, 5.41) is 2.35. The third kappa shape index (κ3) is 7.47. The van der Waals surface area contributed by atoms with Crippen molar-refractivity contribution >= 4 is 38.9 Å². The SMILES string of the molecule is [2H]C([2H])([2H])c1cccc(-c2ccccc2)c1CCN1CN(c2cccc(COc3ccc4c5ccc(C(C)(C)C)cc5n(-c5cc(C(C)(C)C)ccn5)c4c3)c2)c2ccccc21. The lowest BCUT2D eigenvalue weighted by Crippen LogP contribution is -2.30. The monoisotopic (exact) mass is 777 g/mol. The summed E-state index contributed by atoms with van der Waals surface area (Å²) in [5.74, 6) is 1.69. The first-order valence-electron chi connectivity index (χ1n) is 22.2. The lowest BCUT2D eigenvalue weighted by molar-refractivity contribution is 0.306. The van der Waals surface area contributed by atoms with E-state index in [0.717, 1.165) is 67.3 Å². The second kappa shape index (κ2) is 15.1. The van der Waals surface area contributed by atoms with Crippen LogP contribution >= 0.6 is 0 Å². The van der Waals surface area contributed by atoms with Gasteiger partial charge in [-0.1, -0.05) is 126 Å². The van der Waals surface area contributed by atoms with E-state index in [9.17, 15) is 0 Å².